The van der Waals surface area contributed by atoms with Crippen molar-refractivity contribution >= 4 is 30.0 Å². The Kier molecular flexibility index (Phi) is 10.2. The van der Waals surface area contributed by atoms with E-state index in [0.29, 0.717) is 25.9 Å². The van der Waals surface area contributed by atoms with E-state index in [1.807, 2.05) is 38.0 Å². The molecule has 6 heteroatoms. The largest absolute Gasteiger partial charge is 0.508 e. The number of aromatic hydroxyl groups is 1. The first-order chi connectivity index (χ1) is 10.8. The van der Waals surface area contributed by atoms with Gasteiger partial charge in [0.15, 0.2) is 11.6 Å². The van der Waals surface area contributed by atoms with E-state index in [0.717, 1.165) is 5.56 Å². The highest BCUT2D eigenvalue weighted by Gasteiger charge is 2.18. The molecule has 1 rings (SSSR count). The second-order valence-electron chi connectivity index (χ2n) is 6.10. The SMILES string of the molecule is CN(C)CCC(=O)C(=Cc1ccc(O)cc1)C(=O)CCN(C)C.Cl. The van der Waals surface area contributed by atoms with Crippen LogP contribution in [0.3, 0.4) is 0 Å². The third kappa shape index (κ3) is 8.24. The quantitative estimate of drug-likeness (QED) is 0.418. The van der Waals surface area contributed by atoms with E-state index in [1.54, 1.807) is 18.2 Å². The predicted molar refractivity (Wildman–Crippen MR) is 99.7 cm³/mol. The molecule has 0 aliphatic rings. The maximum absolute atomic E-state index is 12.4. The molecule has 1 aromatic rings. The van der Waals surface area contributed by atoms with Crippen LogP contribution in [0.2, 0.25) is 0 Å². The van der Waals surface area contributed by atoms with Crippen LogP contribution in [-0.4, -0.2) is 67.8 Å². The highest BCUT2D eigenvalue weighted by molar-refractivity contribution is 6.23. The minimum absolute atomic E-state index is 0. The molecule has 0 aliphatic carbocycles. The summed E-state index contributed by atoms with van der Waals surface area (Å²) in [6.45, 7) is 1.21. The zero-order chi connectivity index (χ0) is 17.4. The van der Waals surface area contributed by atoms with Gasteiger partial charge in [0, 0.05) is 25.9 Å². The van der Waals surface area contributed by atoms with E-state index in [4.69, 9.17) is 0 Å². The zero-order valence-electron chi connectivity index (χ0n) is 14.8. The summed E-state index contributed by atoms with van der Waals surface area (Å²) in [6, 6.07) is 6.46. The van der Waals surface area contributed by atoms with Gasteiger partial charge in [-0.15, -0.1) is 12.4 Å². The van der Waals surface area contributed by atoms with Crippen molar-refractivity contribution in [3.05, 3.63) is 35.4 Å². The average molecular weight is 355 g/mol. The number of carbonyl (C=O) groups is 2. The molecule has 0 heterocycles. The Bertz CT molecular complexity index is 540. The van der Waals surface area contributed by atoms with Gasteiger partial charge >= 0.3 is 0 Å². The number of hydrogen-bond donors (Lipinski definition) is 1. The van der Waals surface area contributed by atoms with Gasteiger partial charge in [-0.3, -0.25) is 9.59 Å². The molecule has 0 aromatic heterocycles. The number of phenols is 1. The van der Waals surface area contributed by atoms with E-state index in [9.17, 15) is 14.7 Å². The van der Waals surface area contributed by atoms with Gasteiger partial charge < -0.3 is 14.9 Å². The van der Waals surface area contributed by atoms with Crippen LogP contribution in [0.4, 0.5) is 0 Å². The Labute approximate surface area is 150 Å². The minimum atomic E-state index is -0.143. The Morgan fingerprint density at radius 3 is 1.71 bits per heavy atom. The number of hydrogen-bond acceptors (Lipinski definition) is 5. The van der Waals surface area contributed by atoms with E-state index >= 15 is 0 Å². The summed E-state index contributed by atoms with van der Waals surface area (Å²) in [5, 5.41) is 9.33. The first-order valence-corrected chi connectivity index (χ1v) is 7.66. The molecule has 0 spiro atoms. The molecule has 0 unspecified atom stereocenters. The normalized spacial score (nSPS) is 10.4. The second kappa shape index (κ2) is 11.0. The predicted octanol–water partition coefficient (Wildman–Crippen LogP) is 2.24. The van der Waals surface area contributed by atoms with Crippen molar-refractivity contribution in [1.82, 2.24) is 9.80 Å². The Balaban J connectivity index is 0.00000529. The third-order valence-corrected chi connectivity index (χ3v) is 3.38. The lowest BCUT2D eigenvalue weighted by Crippen LogP contribution is -2.23. The van der Waals surface area contributed by atoms with Crippen molar-refractivity contribution in [3.63, 3.8) is 0 Å². The smallest absolute Gasteiger partial charge is 0.167 e. The van der Waals surface area contributed by atoms with Gasteiger partial charge in [-0.25, -0.2) is 0 Å². The lowest BCUT2D eigenvalue weighted by atomic mass is 9.98. The standard InChI is InChI=1S/C18H26N2O3.ClH/c1-19(2)11-9-17(22)16(18(23)10-12-20(3)4)13-14-5-7-15(21)8-6-14;/h5-8,13,21H,9-12H2,1-4H3;1H. The van der Waals surface area contributed by atoms with Crippen LogP contribution in [0, 0.1) is 0 Å². The van der Waals surface area contributed by atoms with Crippen LogP contribution in [0.25, 0.3) is 6.08 Å². The fourth-order valence-corrected chi connectivity index (χ4v) is 1.97. The summed E-state index contributed by atoms with van der Waals surface area (Å²) in [6.07, 6.45) is 2.24. The van der Waals surface area contributed by atoms with Gasteiger partial charge in [-0.2, -0.15) is 0 Å². The van der Waals surface area contributed by atoms with Crippen molar-refractivity contribution in [3.8, 4) is 5.75 Å². The van der Waals surface area contributed by atoms with Crippen LogP contribution in [0.1, 0.15) is 18.4 Å². The summed E-state index contributed by atoms with van der Waals surface area (Å²) in [5.41, 5.74) is 0.966. The highest BCUT2D eigenvalue weighted by atomic mass is 35.5. The number of allylic oxidation sites excluding steroid dienone is 1. The Morgan fingerprint density at radius 2 is 1.33 bits per heavy atom. The summed E-state index contributed by atoms with van der Waals surface area (Å²) in [7, 11) is 7.57. The van der Waals surface area contributed by atoms with Gasteiger partial charge in [0.2, 0.25) is 0 Å². The molecule has 0 radical (unpaired) electrons. The number of benzene rings is 1. The zero-order valence-corrected chi connectivity index (χ0v) is 15.6. The number of rotatable bonds is 9. The van der Waals surface area contributed by atoms with Crippen LogP contribution in [0.15, 0.2) is 29.8 Å². The number of nitrogens with zero attached hydrogens (tertiary/aromatic N) is 2. The molecule has 1 N–H and O–H groups in total. The number of phenolic OH excluding ortho intramolecular Hbond substituents is 1. The van der Waals surface area contributed by atoms with Crippen LogP contribution in [-0.2, 0) is 9.59 Å². The second-order valence-corrected chi connectivity index (χ2v) is 6.10. The summed E-state index contributed by atoms with van der Waals surface area (Å²) in [4.78, 5) is 28.7. The molecule has 134 valence electrons. The maximum Gasteiger partial charge on any atom is 0.167 e. The highest BCUT2D eigenvalue weighted by Crippen LogP contribution is 2.15. The van der Waals surface area contributed by atoms with Crippen LogP contribution in [0.5, 0.6) is 5.75 Å². The van der Waals surface area contributed by atoms with Crippen molar-refractivity contribution < 1.29 is 14.7 Å². The number of ketones is 2. The molecule has 0 fully saturated rings. The molecule has 0 bridgehead atoms. The van der Waals surface area contributed by atoms with E-state index < -0.39 is 0 Å². The summed E-state index contributed by atoms with van der Waals surface area (Å²) >= 11 is 0. The molecule has 0 saturated carbocycles. The van der Waals surface area contributed by atoms with Gasteiger partial charge in [0.25, 0.3) is 0 Å². The van der Waals surface area contributed by atoms with Crippen LogP contribution >= 0.6 is 12.4 Å². The van der Waals surface area contributed by atoms with Crippen molar-refractivity contribution in [1.29, 1.82) is 0 Å². The molecule has 0 aliphatic heterocycles. The molecule has 0 amide bonds. The summed E-state index contributed by atoms with van der Waals surface area (Å²) in [5.74, 6) is -0.132. The molecule has 0 atom stereocenters. The van der Waals surface area contributed by atoms with Gasteiger partial charge in [0.05, 0.1) is 5.57 Å². The molecule has 5 nitrogen and oxygen atoms in total. The Morgan fingerprint density at radius 1 is 0.917 bits per heavy atom. The molecule has 24 heavy (non-hydrogen) atoms. The van der Waals surface area contributed by atoms with E-state index in [-0.39, 0.29) is 35.3 Å². The molecular formula is C18H27ClN2O3. The van der Waals surface area contributed by atoms with Gasteiger partial charge in [0.1, 0.15) is 5.75 Å². The summed E-state index contributed by atoms with van der Waals surface area (Å²) < 4.78 is 0. The van der Waals surface area contributed by atoms with E-state index in [2.05, 4.69) is 0 Å². The third-order valence-electron chi connectivity index (χ3n) is 3.38. The maximum atomic E-state index is 12.4. The molecule has 1 aromatic carbocycles. The van der Waals surface area contributed by atoms with Crippen molar-refractivity contribution in [2.45, 2.75) is 12.8 Å². The molecule has 0 saturated heterocycles. The van der Waals surface area contributed by atoms with Crippen molar-refractivity contribution in [2.75, 3.05) is 41.3 Å². The minimum Gasteiger partial charge on any atom is -0.508 e. The van der Waals surface area contributed by atoms with Crippen molar-refractivity contribution in [2.24, 2.45) is 0 Å². The van der Waals surface area contributed by atoms with E-state index in [1.165, 1.54) is 12.1 Å². The Hall–Kier alpha value is -1.69. The first-order valence-electron chi connectivity index (χ1n) is 7.66. The fraction of sp³-hybridized carbons (Fsp3) is 0.444. The fourth-order valence-electron chi connectivity index (χ4n) is 1.97. The monoisotopic (exact) mass is 354 g/mol. The average Bonchev–Trinajstić information content (AvgIpc) is 2.49. The van der Waals surface area contributed by atoms with Crippen LogP contribution < -0.4 is 0 Å². The van der Waals surface area contributed by atoms with Gasteiger partial charge in [-0.1, -0.05) is 12.1 Å². The van der Waals surface area contributed by atoms with Gasteiger partial charge in [-0.05, 0) is 52.0 Å². The topological polar surface area (TPSA) is 60.9 Å². The number of carbonyl (C=O) groups excluding carboxylic acids is 2. The molecular weight excluding hydrogens is 328 g/mol. The number of halogens is 1. The first kappa shape index (κ1) is 22.3. The lowest BCUT2D eigenvalue weighted by Gasteiger charge is -2.12. The number of Topliss-reactive ketones (excluding diaryl/α,β-unsaturated/α-hetero) is 2. The lowest BCUT2D eigenvalue weighted by molar-refractivity contribution is -0.121.